The Morgan fingerprint density at radius 2 is 1.67 bits per heavy atom. The first-order chi connectivity index (χ1) is 14.1. The molecule has 2 aromatic carbocycles. The van der Waals surface area contributed by atoms with E-state index in [0.29, 0.717) is 23.9 Å². The zero-order valence-electron chi connectivity index (χ0n) is 18.4. The normalized spacial score (nSPS) is 12.2. The SMILES string of the molecule is CCNC(=O)[C@H](C)N(Cc1ccc(Cl)cc1)C(=O)COc1ccc(C(C)(C)C)cc1. The van der Waals surface area contributed by atoms with E-state index in [2.05, 4.69) is 26.1 Å². The van der Waals surface area contributed by atoms with E-state index in [4.69, 9.17) is 16.3 Å². The Balaban J connectivity index is 2.11. The van der Waals surface area contributed by atoms with Gasteiger partial charge in [-0.2, -0.15) is 0 Å². The Hall–Kier alpha value is -2.53. The molecule has 0 fully saturated rings. The molecule has 6 heteroatoms. The van der Waals surface area contributed by atoms with Gasteiger partial charge in [-0.05, 0) is 54.7 Å². The van der Waals surface area contributed by atoms with Gasteiger partial charge in [0.05, 0.1) is 0 Å². The summed E-state index contributed by atoms with van der Waals surface area (Å²) in [6.07, 6.45) is 0. The summed E-state index contributed by atoms with van der Waals surface area (Å²) in [5, 5.41) is 3.40. The highest BCUT2D eigenvalue weighted by atomic mass is 35.5. The largest absolute Gasteiger partial charge is 0.484 e. The number of hydrogen-bond acceptors (Lipinski definition) is 3. The minimum absolute atomic E-state index is 0.0474. The van der Waals surface area contributed by atoms with Gasteiger partial charge >= 0.3 is 0 Å². The van der Waals surface area contributed by atoms with Gasteiger partial charge in [-0.15, -0.1) is 0 Å². The van der Waals surface area contributed by atoms with Crippen molar-refractivity contribution in [2.45, 2.75) is 52.6 Å². The Kier molecular flexibility index (Phi) is 8.30. The van der Waals surface area contributed by atoms with Crippen LogP contribution in [0.3, 0.4) is 0 Å². The van der Waals surface area contributed by atoms with Gasteiger partial charge in [0.25, 0.3) is 5.91 Å². The van der Waals surface area contributed by atoms with Crippen LogP contribution < -0.4 is 10.1 Å². The average molecular weight is 431 g/mol. The van der Waals surface area contributed by atoms with Crippen molar-refractivity contribution in [2.24, 2.45) is 0 Å². The van der Waals surface area contributed by atoms with E-state index in [0.717, 1.165) is 5.56 Å². The van der Waals surface area contributed by atoms with E-state index < -0.39 is 6.04 Å². The highest BCUT2D eigenvalue weighted by Gasteiger charge is 2.26. The standard InChI is InChI=1S/C24H31ClN2O3/c1-6-26-23(29)17(2)27(15-18-7-11-20(25)12-8-18)22(28)16-30-21-13-9-19(10-14-21)24(3,4)5/h7-14,17H,6,15-16H2,1-5H3,(H,26,29)/t17-/m0/s1. The number of carbonyl (C=O) groups is 2. The Bertz CT molecular complexity index is 842. The highest BCUT2D eigenvalue weighted by Crippen LogP contribution is 2.24. The fraction of sp³-hybridized carbons (Fsp3) is 0.417. The van der Waals surface area contributed by atoms with Crippen LogP contribution in [0.4, 0.5) is 0 Å². The Morgan fingerprint density at radius 3 is 2.20 bits per heavy atom. The van der Waals surface area contributed by atoms with Crippen molar-refractivity contribution in [1.82, 2.24) is 10.2 Å². The molecule has 0 heterocycles. The molecule has 2 aromatic rings. The van der Waals surface area contributed by atoms with Crippen molar-refractivity contribution in [3.8, 4) is 5.75 Å². The van der Waals surface area contributed by atoms with E-state index >= 15 is 0 Å². The third-order valence-electron chi connectivity index (χ3n) is 4.87. The molecule has 2 rings (SSSR count). The molecule has 1 N–H and O–H groups in total. The number of nitrogens with one attached hydrogen (secondary N) is 1. The summed E-state index contributed by atoms with van der Waals surface area (Å²) in [5.74, 6) is 0.159. The van der Waals surface area contributed by atoms with Gasteiger partial charge in [0, 0.05) is 18.1 Å². The molecule has 0 saturated carbocycles. The van der Waals surface area contributed by atoms with Crippen LogP contribution in [0.2, 0.25) is 5.02 Å². The van der Waals surface area contributed by atoms with Crippen molar-refractivity contribution >= 4 is 23.4 Å². The summed E-state index contributed by atoms with van der Waals surface area (Å²) < 4.78 is 5.72. The van der Waals surface area contributed by atoms with Crippen molar-refractivity contribution in [3.05, 3.63) is 64.7 Å². The zero-order chi connectivity index (χ0) is 22.3. The van der Waals surface area contributed by atoms with E-state index in [-0.39, 0.29) is 23.8 Å². The van der Waals surface area contributed by atoms with E-state index in [1.54, 1.807) is 19.1 Å². The third kappa shape index (κ3) is 6.77. The first-order valence-corrected chi connectivity index (χ1v) is 10.5. The number of hydrogen-bond donors (Lipinski definition) is 1. The molecule has 0 aliphatic carbocycles. The quantitative estimate of drug-likeness (QED) is 0.667. The number of rotatable bonds is 8. The van der Waals surface area contributed by atoms with Crippen molar-refractivity contribution in [2.75, 3.05) is 13.2 Å². The van der Waals surface area contributed by atoms with Gasteiger partial charge in [-0.3, -0.25) is 9.59 Å². The summed E-state index contributed by atoms with van der Waals surface area (Å²) in [6, 6.07) is 14.3. The van der Waals surface area contributed by atoms with Gasteiger partial charge in [0.15, 0.2) is 6.61 Å². The maximum absolute atomic E-state index is 13.0. The zero-order valence-corrected chi connectivity index (χ0v) is 19.1. The molecule has 0 bridgehead atoms. The maximum Gasteiger partial charge on any atom is 0.261 e. The first kappa shape index (κ1) is 23.7. The molecule has 0 unspecified atom stereocenters. The van der Waals surface area contributed by atoms with Crippen molar-refractivity contribution in [3.63, 3.8) is 0 Å². The maximum atomic E-state index is 13.0. The summed E-state index contributed by atoms with van der Waals surface area (Å²) in [4.78, 5) is 26.9. The molecule has 5 nitrogen and oxygen atoms in total. The molecule has 1 atom stereocenters. The predicted octanol–water partition coefficient (Wildman–Crippen LogP) is 4.57. The fourth-order valence-corrected chi connectivity index (χ4v) is 3.10. The number of benzene rings is 2. The van der Waals surface area contributed by atoms with E-state index in [1.165, 1.54) is 10.5 Å². The predicted molar refractivity (Wildman–Crippen MR) is 121 cm³/mol. The summed E-state index contributed by atoms with van der Waals surface area (Å²) in [7, 11) is 0. The molecule has 0 spiro atoms. The number of likely N-dealkylation sites (N-methyl/N-ethyl adjacent to an activating group) is 1. The number of nitrogens with zero attached hydrogens (tertiary/aromatic N) is 1. The summed E-state index contributed by atoms with van der Waals surface area (Å²) >= 11 is 5.96. The lowest BCUT2D eigenvalue weighted by Crippen LogP contribution is -2.49. The second-order valence-electron chi connectivity index (χ2n) is 8.28. The second-order valence-corrected chi connectivity index (χ2v) is 8.72. The minimum atomic E-state index is -0.625. The minimum Gasteiger partial charge on any atom is -0.484 e. The Morgan fingerprint density at radius 1 is 1.07 bits per heavy atom. The lowest BCUT2D eigenvalue weighted by Gasteiger charge is -2.28. The monoisotopic (exact) mass is 430 g/mol. The van der Waals surface area contributed by atoms with E-state index in [1.807, 2.05) is 43.3 Å². The number of carbonyl (C=O) groups excluding carboxylic acids is 2. The topological polar surface area (TPSA) is 58.6 Å². The molecule has 30 heavy (non-hydrogen) atoms. The molecular weight excluding hydrogens is 400 g/mol. The van der Waals surface area contributed by atoms with Crippen LogP contribution in [0, 0.1) is 0 Å². The van der Waals surface area contributed by atoms with Gasteiger partial charge in [0.2, 0.25) is 5.91 Å². The fourth-order valence-electron chi connectivity index (χ4n) is 2.97. The van der Waals surface area contributed by atoms with Gasteiger partial charge in [-0.25, -0.2) is 0 Å². The molecular formula is C24H31ClN2O3. The van der Waals surface area contributed by atoms with Crippen LogP contribution in [0.1, 0.15) is 45.7 Å². The molecule has 0 aromatic heterocycles. The van der Waals surface area contributed by atoms with Gasteiger partial charge in [0.1, 0.15) is 11.8 Å². The highest BCUT2D eigenvalue weighted by molar-refractivity contribution is 6.30. The molecule has 0 aliphatic heterocycles. The molecule has 0 radical (unpaired) electrons. The summed E-state index contributed by atoms with van der Waals surface area (Å²) in [5.41, 5.74) is 2.13. The van der Waals surface area contributed by atoms with Crippen molar-refractivity contribution in [1.29, 1.82) is 0 Å². The number of ether oxygens (including phenoxy) is 1. The second kappa shape index (κ2) is 10.5. The Labute approximate surface area is 184 Å². The number of halogens is 1. The number of amides is 2. The summed E-state index contributed by atoms with van der Waals surface area (Å²) in [6.45, 7) is 10.6. The lowest BCUT2D eigenvalue weighted by atomic mass is 9.87. The van der Waals surface area contributed by atoms with Crippen molar-refractivity contribution < 1.29 is 14.3 Å². The van der Waals surface area contributed by atoms with Crippen LogP contribution in [-0.2, 0) is 21.5 Å². The van der Waals surface area contributed by atoms with Crippen LogP contribution >= 0.6 is 11.6 Å². The third-order valence-corrected chi connectivity index (χ3v) is 5.12. The van der Waals surface area contributed by atoms with Gasteiger partial charge in [-0.1, -0.05) is 56.6 Å². The van der Waals surface area contributed by atoms with Gasteiger partial charge < -0.3 is 15.0 Å². The smallest absolute Gasteiger partial charge is 0.261 e. The molecule has 0 aliphatic rings. The molecule has 0 saturated heterocycles. The average Bonchev–Trinajstić information content (AvgIpc) is 2.71. The van der Waals surface area contributed by atoms with Crippen LogP contribution in [0.25, 0.3) is 0 Å². The lowest BCUT2D eigenvalue weighted by molar-refractivity contribution is -0.142. The molecule has 2 amide bonds. The first-order valence-electron chi connectivity index (χ1n) is 10.2. The van der Waals surface area contributed by atoms with Crippen LogP contribution in [0.15, 0.2) is 48.5 Å². The van der Waals surface area contributed by atoms with Crippen LogP contribution in [-0.4, -0.2) is 35.9 Å². The van der Waals surface area contributed by atoms with E-state index in [9.17, 15) is 9.59 Å². The molecule has 162 valence electrons. The van der Waals surface area contributed by atoms with Crippen LogP contribution in [0.5, 0.6) is 5.75 Å².